The van der Waals surface area contributed by atoms with Gasteiger partial charge in [0.25, 0.3) is 0 Å². The maximum atomic E-state index is 9.56. The van der Waals surface area contributed by atoms with Gasteiger partial charge in [-0.05, 0) is 56.1 Å². The van der Waals surface area contributed by atoms with Crippen LogP contribution in [-0.4, -0.2) is 50.0 Å². The van der Waals surface area contributed by atoms with E-state index in [1.54, 1.807) is 6.26 Å². The lowest BCUT2D eigenvalue weighted by Crippen LogP contribution is -2.44. The van der Waals surface area contributed by atoms with Crippen LogP contribution < -0.4 is 10.6 Å². The second kappa shape index (κ2) is 11.5. The third-order valence-electron chi connectivity index (χ3n) is 6.14. The van der Waals surface area contributed by atoms with Crippen LogP contribution in [0, 0.1) is 5.41 Å². The number of guanidine groups is 1. The van der Waals surface area contributed by atoms with Gasteiger partial charge in [-0.15, -0.1) is 0 Å². The molecule has 0 radical (unpaired) electrons. The third-order valence-corrected chi connectivity index (χ3v) is 6.14. The first kappa shape index (κ1) is 21.2. The topological polar surface area (TPSA) is 79.0 Å². The van der Waals surface area contributed by atoms with Crippen molar-refractivity contribution in [2.24, 2.45) is 10.4 Å². The lowest BCUT2D eigenvalue weighted by Gasteiger charge is -2.36. The Morgan fingerprint density at radius 2 is 2.07 bits per heavy atom. The summed E-state index contributed by atoms with van der Waals surface area (Å²) in [6.07, 6.45) is 13.3. The Labute approximate surface area is 169 Å². The number of furan rings is 1. The van der Waals surface area contributed by atoms with Crippen molar-refractivity contribution in [2.75, 3.05) is 32.8 Å². The van der Waals surface area contributed by atoms with Gasteiger partial charge in [-0.2, -0.15) is 0 Å². The second-order valence-electron chi connectivity index (χ2n) is 8.32. The average molecular weight is 392 g/mol. The molecule has 1 aromatic rings. The number of nitrogens with one attached hydrogen (secondary N) is 2. The van der Waals surface area contributed by atoms with Crippen molar-refractivity contribution in [1.82, 2.24) is 10.6 Å². The summed E-state index contributed by atoms with van der Waals surface area (Å²) in [6.45, 7) is 3.46. The monoisotopic (exact) mass is 391 g/mol. The number of aliphatic hydroxyl groups is 1. The summed E-state index contributed by atoms with van der Waals surface area (Å²) in [4.78, 5) is 4.94. The summed E-state index contributed by atoms with van der Waals surface area (Å²) in [7, 11) is 0. The van der Waals surface area contributed by atoms with Gasteiger partial charge in [0.05, 0.1) is 12.4 Å². The minimum Gasteiger partial charge on any atom is -0.469 e. The number of rotatable bonds is 9. The molecular weight excluding hydrogens is 354 g/mol. The van der Waals surface area contributed by atoms with Gasteiger partial charge in [0.1, 0.15) is 5.76 Å². The molecule has 1 aromatic heterocycles. The highest BCUT2D eigenvalue weighted by atomic mass is 16.5. The predicted molar refractivity (Wildman–Crippen MR) is 112 cm³/mol. The standard InChI is InChI=1S/C22H37N3O3/c26-14-12-22(10-3-1-4-11-22)18-25-21(23-13-9-19-8-6-16-27-19)24-17-20-7-2-5-15-28-20/h6,8,16,20,26H,1-5,7,9-15,17-18H2,(H2,23,24,25). The minimum absolute atomic E-state index is 0.157. The summed E-state index contributed by atoms with van der Waals surface area (Å²) in [5.74, 6) is 1.83. The smallest absolute Gasteiger partial charge is 0.191 e. The molecule has 3 rings (SSSR count). The number of nitrogens with zero attached hydrogens (tertiary/aromatic N) is 1. The van der Waals surface area contributed by atoms with Crippen LogP contribution in [0.25, 0.3) is 0 Å². The largest absolute Gasteiger partial charge is 0.469 e. The van der Waals surface area contributed by atoms with E-state index in [0.29, 0.717) is 0 Å². The molecule has 1 saturated carbocycles. The first-order valence-electron chi connectivity index (χ1n) is 11.1. The molecule has 6 nitrogen and oxygen atoms in total. The Hall–Kier alpha value is -1.53. The molecule has 1 unspecified atom stereocenters. The number of aliphatic hydroxyl groups excluding tert-OH is 1. The number of hydrogen-bond acceptors (Lipinski definition) is 4. The molecule has 28 heavy (non-hydrogen) atoms. The summed E-state index contributed by atoms with van der Waals surface area (Å²) in [6, 6.07) is 3.92. The Morgan fingerprint density at radius 1 is 1.18 bits per heavy atom. The SMILES string of the molecule is OCCC1(CN=C(NCCc2ccco2)NCC2CCCCO2)CCCCC1. The Kier molecular flexibility index (Phi) is 8.68. The van der Waals surface area contributed by atoms with Crippen molar-refractivity contribution in [2.45, 2.75) is 70.3 Å². The molecule has 158 valence electrons. The molecule has 2 fully saturated rings. The van der Waals surface area contributed by atoms with Crippen LogP contribution in [0.5, 0.6) is 0 Å². The third kappa shape index (κ3) is 6.82. The average Bonchev–Trinajstić information content (AvgIpc) is 3.25. The number of ether oxygens (including phenoxy) is 1. The molecule has 1 aliphatic carbocycles. The van der Waals surface area contributed by atoms with Gasteiger partial charge in [0.15, 0.2) is 5.96 Å². The van der Waals surface area contributed by atoms with E-state index in [1.165, 1.54) is 44.9 Å². The van der Waals surface area contributed by atoms with Crippen molar-refractivity contribution in [3.8, 4) is 0 Å². The normalized spacial score (nSPS) is 22.8. The molecule has 1 aliphatic heterocycles. The molecule has 1 atom stereocenters. The lowest BCUT2D eigenvalue weighted by atomic mass is 9.72. The van der Waals surface area contributed by atoms with E-state index >= 15 is 0 Å². The van der Waals surface area contributed by atoms with Gasteiger partial charge < -0.3 is 24.9 Å². The summed E-state index contributed by atoms with van der Waals surface area (Å²) in [5, 5.41) is 16.5. The molecular formula is C22H37N3O3. The van der Waals surface area contributed by atoms with E-state index < -0.39 is 0 Å². The van der Waals surface area contributed by atoms with Crippen LogP contribution >= 0.6 is 0 Å². The van der Waals surface area contributed by atoms with E-state index in [0.717, 1.165) is 57.2 Å². The molecule has 1 saturated heterocycles. The highest BCUT2D eigenvalue weighted by molar-refractivity contribution is 5.79. The fourth-order valence-electron chi connectivity index (χ4n) is 4.39. The van der Waals surface area contributed by atoms with Gasteiger partial charge >= 0.3 is 0 Å². The Morgan fingerprint density at radius 3 is 2.79 bits per heavy atom. The molecule has 2 aliphatic rings. The van der Waals surface area contributed by atoms with E-state index in [2.05, 4.69) is 10.6 Å². The van der Waals surface area contributed by atoms with Crippen molar-refractivity contribution in [3.63, 3.8) is 0 Å². The van der Waals surface area contributed by atoms with E-state index in [4.69, 9.17) is 14.1 Å². The van der Waals surface area contributed by atoms with Crippen LogP contribution in [0.15, 0.2) is 27.8 Å². The molecule has 0 bridgehead atoms. The predicted octanol–water partition coefficient (Wildman–Crippen LogP) is 3.26. The van der Waals surface area contributed by atoms with E-state index in [1.807, 2.05) is 12.1 Å². The molecule has 2 heterocycles. The van der Waals surface area contributed by atoms with Crippen LogP contribution in [0.2, 0.25) is 0 Å². The summed E-state index contributed by atoms with van der Waals surface area (Å²) >= 11 is 0. The first-order valence-corrected chi connectivity index (χ1v) is 11.1. The molecule has 0 amide bonds. The van der Waals surface area contributed by atoms with Gasteiger partial charge in [-0.1, -0.05) is 19.3 Å². The van der Waals surface area contributed by atoms with Crippen LogP contribution in [0.4, 0.5) is 0 Å². The van der Waals surface area contributed by atoms with Gasteiger partial charge in [0.2, 0.25) is 0 Å². The highest BCUT2D eigenvalue weighted by Crippen LogP contribution is 2.39. The Balaban J connectivity index is 1.56. The number of aliphatic imine (C=N–C) groups is 1. The van der Waals surface area contributed by atoms with Crippen molar-refractivity contribution >= 4 is 5.96 Å². The van der Waals surface area contributed by atoms with Crippen molar-refractivity contribution in [3.05, 3.63) is 24.2 Å². The maximum absolute atomic E-state index is 9.56. The zero-order valence-corrected chi connectivity index (χ0v) is 17.1. The summed E-state index contributed by atoms with van der Waals surface area (Å²) in [5.41, 5.74) is 0.157. The molecule has 3 N–H and O–H groups in total. The minimum atomic E-state index is 0.157. The lowest BCUT2D eigenvalue weighted by molar-refractivity contribution is 0.0194. The zero-order chi connectivity index (χ0) is 19.5. The molecule has 0 aromatic carbocycles. The Bertz CT molecular complexity index is 556. The molecule has 6 heteroatoms. The fraction of sp³-hybridized carbons (Fsp3) is 0.773. The second-order valence-corrected chi connectivity index (χ2v) is 8.32. The van der Waals surface area contributed by atoms with Gasteiger partial charge in [-0.25, -0.2) is 0 Å². The fourth-order valence-corrected chi connectivity index (χ4v) is 4.39. The van der Waals surface area contributed by atoms with Crippen LogP contribution in [-0.2, 0) is 11.2 Å². The van der Waals surface area contributed by atoms with E-state index in [-0.39, 0.29) is 18.1 Å². The van der Waals surface area contributed by atoms with Crippen LogP contribution in [0.1, 0.15) is 63.5 Å². The van der Waals surface area contributed by atoms with E-state index in [9.17, 15) is 5.11 Å². The van der Waals surface area contributed by atoms with Crippen molar-refractivity contribution in [1.29, 1.82) is 0 Å². The molecule has 0 spiro atoms. The first-order chi connectivity index (χ1) is 13.8. The van der Waals surface area contributed by atoms with Crippen LogP contribution in [0.3, 0.4) is 0 Å². The maximum Gasteiger partial charge on any atom is 0.191 e. The summed E-state index contributed by atoms with van der Waals surface area (Å²) < 4.78 is 11.3. The van der Waals surface area contributed by atoms with Gasteiger partial charge in [0, 0.05) is 39.3 Å². The zero-order valence-electron chi connectivity index (χ0n) is 17.1. The number of hydrogen-bond donors (Lipinski definition) is 3. The quantitative estimate of drug-likeness (QED) is 0.445. The van der Waals surface area contributed by atoms with Gasteiger partial charge in [-0.3, -0.25) is 4.99 Å². The highest BCUT2D eigenvalue weighted by Gasteiger charge is 2.31. The van der Waals surface area contributed by atoms with Crippen molar-refractivity contribution < 1.29 is 14.3 Å².